The van der Waals surface area contributed by atoms with E-state index in [2.05, 4.69) is 22.3 Å². The molecule has 196 valence electrons. The number of nitrogens with zero attached hydrogens (tertiary/aromatic N) is 2. The van der Waals surface area contributed by atoms with E-state index in [1.165, 1.54) is 4.90 Å². The average molecular weight is 526 g/mol. The molecule has 4 atom stereocenters. The molecule has 6 heteroatoms. The third-order valence-electron chi connectivity index (χ3n) is 9.53. The molecular weight excluding hydrogens is 498 g/mol. The summed E-state index contributed by atoms with van der Waals surface area (Å²) in [5.41, 5.74) is 2.93. The van der Waals surface area contributed by atoms with Gasteiger partial charge in [-0.05, 0) is 41.3 Å². The number of imide groups is 1. The largest absolute Gasteiger partial charge is 0.324 e. The molecule has 2 fully saturated rings. The van der Waals surface area contributed by atoms with Gasteiger partial charge in [-0.3, -0.25) is 19.3 Å². The van der Waals surface area contributed by atoms with E-state index >= 15 is 4.79 Å². The topological polar surface area (TPSA) is 69.7 Å². The van der Waals surface area contributed by atoms with Gasteiger partial charge in [0.1, 0.15) is 5.54 Å². The SMILES string of the molecule is O=C1C[C@@]2(C(=O)N1c1ccccc1)[C@@H]1c3ccccc3CCN1[C@@]1(C(=O)Nc3ccccc31)[C@H]2c1ccccc1. The van der Waals surface area contributed by atoms with Crippen LogP contribution in [0.15, 0.2) is 109 Å². The Hall–Kier alpha value is -4.55. The first-order chi connectivity index (χ1) is 19.6. The average Bonchev–Trinajstić information content (AvgIpc) is 3.54. The van der Waals surface area contributed by atoms with Gasteiger partial charge in [0, 0.05) is 30.1 Å². The maximum Gasteiger partial charge on any atom is 0.250 e. The second kappa shape index (κ2) is 8.23. The van der Waals surface area contributed by atoms with Crippen molar-refractivity contribution in [2.75, 3.05) is 16.8 Å². The molecule has 8 rings (SSSR count). The number of benzene rings is 4. The molecule has 0 aliphatic carbocycles. The third-order valence-corrected chi connectivity index (χ3v) is 9.53. The smallest absolute Gasteiger partial charge is 0.250 e. The lowest BCUT2D eigenvalue weighted by molar-refractivity contribution is -0.128. The first kappa shape index (κ1) is 23.3. The van der Waals surface area contributed by atoms with Crippen molar-refractivity contribution in [3.8, 4) is 0 Å². The van der Waals surface area contributed by atoms with Crippen molar-refractivity contribution < 1.29 is 14.4 Å². The molecule has 1 N–H and O–H groups in total. The molecule has 4 aromatic rings. The molecule has 6 nitrogen and oxygen atoms in total. The van der Waals surface area contributed by atoms with Gasteiger partial charge in [0.05, 0.1) is 17.1 Å². The van der Waals surface area contributed by atoms with Crippen LogP contribution in [0.5, 0.6) is 0 Å². The Labute approximate surface area is 232 Å². The van der Waals surface area contributed by atoms with Crippen LogP contribution in [-0.4, -0.2) is 29.2 Å². The first-order valence-electron chi connectivity index (χ1n) is 13.8. The summed E-state index contributed by atoms with van der Waals surface area (Å²) >= 11 is 0. The summed E-state index contributed by atoms with van der Waals surface area (Å²) in [6.07, 6.45) is 0.777. The number of amides is 3. The standard InChI is InChI=1S/C34H27N3O3/c38-28-21-33(32(40)37(28)24-14-5-2-6-15-24)29(23-12-3-1-4-13-23)34(26-17-9-10-18-27(26)35-31(34)39)36-20-19-22-11-7-8-16-25(22)30(33)36/h1-18,29-30H,19-21H2,(H,35,39)/t29-,30-,33-,34+/m0/s1. The maximum absolute atomic E-state index is 15.1. The summed E-state index contributed by atoms with van der Waals surface area (Å²) in [6.45, 7) is 0.599. The van der Waals surface area contributed by atoms with Crippen molar-refractivity contribution in [1.29, 1.82) is 0 Å². The number of hydrogen-bond acceptors (Lipinski definition) is 4. The van der Waals surface area contributed by atoms with Gasteiger partial charge in [-0.2, -0.15) is 0 Å². The van der Waals surface area contributed by atoms with E-state index in [0.717, 1.165) is 34.4 Å². The summed E-state index contributed by atoms with van der Waals surface area (Å²) in [7, 11) is 0. The van der Waals surface area contributed by atoms with Crippen LogP contribution in [-0.2, 0) is 26.3 Å². The summed E-state index contributed by atoms with van der Waals surface area (Å²) in [5, 5.41) is 3.17. The predicted octanol–water partition coefficient (Wildman–Crippen LogP) is 5.18. The highest BCUT2D eigenvalue weighted by Gasteiger charge is 2.78. The quantitative estimate of drug-likeness (QED) is 0.366. The normalized spacial score (nSPS) is 28.6. The minimum Gasteiger partial charge on any atom is -0.324 e. The predicted molar refractivity (Wildman–Crippen MR) is 152 cm³/mol. The Bertz CT molecular complexity index is 1700. The molecule has 4 aromatic carbocycles. The van der Waals surface area contributed by atoms with Crippen LogP contribution in [0, 0.1) is 5.41 Å². The van der Waals surface area contributed by atoms with Crippen molar-refractivity contribution in [1.82, 2.24) is 4.90 Å². The number of hydrogen-bond donors (Lipinski definition) is 1. The Morgan fingerprint density at radius 1 is 0.750 bits per heavy atom. The lowest BCUT2D eigenvalue weighted by atomic mass is 9.61. The van der Waals surface area contributed by atoms with Crippen molar-refractivity contribution in [3.63, 3.8) is 0 Å². The number of para-hydroxylation sites is 2. The number of nitrogens with one attached hydrogen (secondary N) is 1. The molecule has 4 aliphatic heterocycles. The van der Waals surface area contributed by atoms with Crippen LogP contribution >= 0.6 is 0 Å². The molecule has 0 radical (unpaired) electrons. The van der Waals surface area contributed by atoms with Crippen LogP contribution in [0.25, 0.3) is 0 Å². The van der Waals surface area contributed by atoms with E-state index in [9.17, 15) is 9.59 Å². The van der Waals surface area contributed by atoms with E-state index in [1.54, 1.807) is 12.1 Å². The number of carbonyl (C=O) groups is 3. The second-order valence-corrected chi connectivity index (χ2v) is 11.2. The van der Waals surface area contributed by atoms with Gasteiger partial charge >= 0.3 is 0 Å². The summed E-state index contributed by atoms with van der Waals surface area (Å²) < 4.78 is 0. The van der Waals surface area contributed by atoms with Crippen LogP contribution in [0.4, 0.5) is 11.4 Å². The van der Waals surface area contributed by atoms with Crippen molar-refractivity contribution in [2.24, 2.45) is 5.41 Å². The zero-order valence-corrected chi connectivity index (χ0v) is 21.8. The zero-order chi connectivity index (χ0) is 27.1. The first-order valence-corrected chi connectivity index (χ1v) is 13.8. The van der Waals surface area contributed by atoms with Gasteiger partial charge < -0.3 is 5.32 Å². The number of rotatable bonds is 2. The highest BCUT2D eigenvalue weighted by Crippen LogP contribution is 2.72. The van der Waals surface area contributed by atoms with Crippen molar-refractivity contribution in [3.05, 3.63) is 131 Å². The minimum atomic E-state index is -1.19. The fraction of sp³-hybridized carbons (Fsp3) is 0.206. The van der Waals surface area contributed by atoms with Gasteiger partial charge in [0.25, 0.3) is 0 Å². The molecule has 0 bridgehead atoms. The fourth-order valence-electron chi connectivity index (χ4n) is 8.22. The Kier molecular flexibility index (Phi) is 4.80. The Morgan fingerprint density at radius 3 is 2.23 bits per heavy atom. The van der Waals surface area contributed by atoms with Gasteiger partial charge in [-0.15, -0.1) is 0 Å². The Balaban J connectivity index is 1.48. The monoisotopic (exact) mass is 525 g/mol. The molecule has 4 aliphatic rings. The lowest BCUT2D eigenvalue weighted by Gasteiger charge is -2.42. The van der Waals surface area contributed by atoms with E-state index in [-0.39, 0.29) is 24.1 Å². The zero-order valence-electron chi connectivity index (χ0n) is 21.8. The van der Waals surface area contributed by atoms with E-state index in [4.69, 9.17) is 0 Å². The molecular formula is C34H27N3O3. The fourth-order valence-corrected chi connectivity index (χ4v) is 8.22. The maximum atomic E-state index is 15.1. The lowest BCUT2D eigenvalue weighted by Crippen LogP contribution is -2.52. The van der Waals surface area contributed by atoms with Gasteiger partial charge in [-0.1, -0.05) is 91.0 Å². The van der Waals surface area contributed by atoms with Crippen LogP contribution < -0.4 is 10.2 Å². The number of fused-ring (bicyclic) bond motifs is 7. The summed E-state index contributed by atoms with van der Waals surface area (Å²) in [5.74, 6) is -1.20. The van der Waals surface area contributed by atoms with Crippen LogP contribution in [0.3, 0.4) is 0 Å². The Morgan fingerprint density at radius 2 is 1.43 bits per heavy atom. The molecule has 4 heterocycles. The summed E-state index contributed by atoms with van der Waals surface area (Å²) in [6, 6.07) is 34.6. The van der Waals surface area contributed by atoms with Gasteiger partial charge in [0.15, 0.2) is 0 Å². The van der Waals surface area contributed by atoms with Crippen molar-refractivity contribution >= 4 is 29.1 Å². The van der Waals surface area contributed by atoms with Crippen molar-refractivity contribution in [2.45, 2.75) is 30.3 Å². The van der Waals surface area contributed by atoms with Crippen LogP contribution in [0.1, 0.15) is 40.6 Å². The number of anilines is 2. The molecule has 0 saturated carbocycles. The van der Waals surface area contributed by atoms with E-state index in [0.29, 0.717) is 12.2 Å². The number of carbonyl (C=O) groups excluding carboxylic acids is 3. The minimum absolute atomic E-state index is 0.0208. The van der Waals surface area contributed by atoms with E-state index in [1.807, 2.05) is 84.9 Å². The molecule has 3 amide bonds. The van der Waals surface area contributed by atoms with Gasteiger partial charge in [0.2, 0.25) is 17.7 Å². The third kappa shape index (κ3) is 2.74. The molecule has 2 spiro atoms. The highest BCUT2D eigenvalue weighted by atomic mass is 16.2. The molecule has 0 unspecified atom stereocenters. The van der Waals surface area contributed by atoms with Gasteiger partial charge in [-0.25, -0.2) is 4.90 Å². The summed E-state index contributed by atoms with van der Waals surface area (Å²) in [4.78, 5) is 47.3. The molecule has 0 aromatic heterocycles. The molecule has 40 heavy (non-hydrogen) atoms. The highest BCUT2D eigenvalue weighted by molar-refractivity contribution is 6.24. The second-order valence-electron chi connectivity index (χ2n) is 11.2. The molecule has 2 saturated heterocycles. The van der Waals surface area contributed by atoms with Crippen LogP contribution in [0.2, 0.25) is 0 Å². The van der Waals surface area contributed by atoms with E-state index < -0.39 is 22.9 Å².